The Balaban J connectivity index is 1.55. The van der Waals surface area contributed by atoms with E-state index in [1.165, 1.54) is 12.8 Å². The molecule has 0 saturated carbocycles. The van der Waals surface area contributed by atoms with Crippen LogP contribution in [0.2, 0.25) is 0 Å². The predicted octanol–water partition coefficient (Wildman–Crippen LogP) is 2.22. The largest absolute Gasteiger partial charge is 0.484 e. The Labute approximate surface area is 143 Å². The van der Waals surface area contributed by atoms with Crippen LogP contribution in [-0.4, -0.2) is 54.5 Å². The zero-order chi connectivity index (χ0) is 16.9. The molecule has 24 heavy (non-hydrogen) atoms. The fourth-order valence-corrected chi connectivity index (χ4v) is 3.95. The fourth-order valence-electron chi connectivity index (χ4n) is 3.95. The Morgan fingerprint density at radius 2 is 1.92 bits per heavy atom. The maximum atomic E-state index is 12.6. The van der Waals surface area contributed by atoms with Crippen molar-refractivity contribution in [3.05, 3.63) is 29.8 Å². The smallest absolute Gasteiger partial charge is 0.260 e. The molecule has 0 radical (unpaired) electrons. The average molecular weight is 327 g/mol. The summed E-state index contributed by atoms with van der Waals surface area (Å²) in [5, 5.41) is 8.68. The molecule has 0 N–H and O–H groups in total. The molecule has 128 valence electrons. The van der Waals surface area contributed by atoms with E-state index < -0.39 is 0 Å². The van der Waals surface area contributed by atoms with E-state index in [1.54, 1.807) is 0 Å². The predicted molar refractivity (Wildman–Crippen MR) is 91.6 cm³/mol. The van der Waals surface area contributed by atoms with Crippen molar-refractivity contribution in [2.45, 2.75) is 44.2 Å². The number of benzene rings is 1. The molecule has 0 aliphatic carbocycles. The molecule has 2 aliphatic rings. The van der Waals surface area contributed by atoms with Crippen LogP contribution < -0.4 is 4.74 Å². The second-order valence-electron chi connectivity index (χ2n) is 6.75. The van der Waals surface area contributed by atoms with Gasteiger partial charge in [-0.1, -0.05) is 12.1 Å². The van der Waals surface area contributed by atoms with Crippen molar-refractivity contribution in [1.82, 2.24) is 9.80 Å². The molecule has 2 heterocycles. The Morgan fingerprint density at radius 3 is 2.58 bits per heavy atom. The molecule has 1 aromatic carbocycles. The summed E-state index contributed by atoms with van der Waals surface area (Å²) < 4.78 is 5.66. The highest BCUT2D eigenvalue weighted by atomic mass is 16.5. The van der Waals surface area contributed by atoms with Crippen molar-refractivity contribution in [3.8, 4) is 11.8 Å². The molecule has 2 atom stereocenters. The van der Waals surface area contributed by atoms with Crippen LogP contribution in [0.1, 0.15) is 31.2 Å². The molecule has 2 saturated heterocycles. The number of likely N-dealkylation sites (tertiary alicyclic amines) is 2. The normalized spacial score (nSPS) is 24.1. The summed E-state index contributed by atoms with van der Waals surface area (Å²) in [6.07, 6.45) is 4.99. The van der Waals surface area contributed by atoms with Crippen LogP contribution in [0.4, 0.5) is 0 Å². The number of amides is 1. The van der Waals surface area contributed by atoms with E-state index in [9.17, 15) is 4.79 Å². The number of hydrogen-bond donors (Lipinski definition) is 0. The number of ether oxygens (including phenoxy) is 1. The molecular formula is C19H25N3O2. The lowest BCUT2D eigenvalue weighted by Crippen LogP contribution is -2.48. The number of carbonyl (C=O) groups excluding carboxylic acids is 1. The number of nitriles is 1. The van der Waals surface area contributed by atoms with Gasteiger partial charge in [0, 0.05) is 18.6 Å². The second-order valence-corrected chi connectivity index (χ2v) is 6.75. The highest BCUT2D eigenvalue weighted by Gasteiger charge is 2.38. The van der Waals surface area contributed by atoms with Crippen LogP contribution in [0.3, 0.4) is 0 Å². The molecule has 3 rings (SSSR count). The van der Waals surface area contributed by atoms with Crippen molar-refractivity contribution in [1.29, 1.82) is 5.26 Å². The number of carbonyl (C=O) groups is 1. The third-order valence-corrected chi connectivity index (χ3v) is 5.21. The zero-order valence-electron chi connectivity index (χ0n) is 14.3. The van der Waals surface area contributed by atoms with Gasteiger partial charge in [0.05, 0.1) is 12.5 Å². The Morgan fingerprint density at radius 1 is 1.21 bits per heavy atom. The molecule has 1 aromatic rings. The molecule has 5 heteroatoms. The van der Waals surface area contributed by atoms with Crippen LogP contribution in [0.5, 0.6) is 5.75 Å². The lowest BCUT2D eigenvalue weighted by Gasteiger charge is -2.33. The van der Waals surface area contributed by atoms with E-state index >= 15 is 0 Å². The summed E-state index contributed by atoms with van der Waals surface area (Å²) in [6, 6.07) is 10.4. The minimum Gasteiger partial charge on any atom is -0.484 e. The minimum atomic E-state index is 0.0823. The lowest BCUT2D eigenvalue weighted by molar-refractivity contribution is -0.135. The second kappa shape index (κ2) is 7.67. The Hall–Kier alpha value is -2.06. The standard InChI is InChI=1S/C19H25N3O2/c1-21-12-2-4-17(21)18-5-3-13-22(18)19(23)14-24-16-8-6-15(7-9-16)10-11-20/h6-9,17-18H,2-5,10,12-14H2,1H3/t17-,18-/m0/s1. The highest BCUT2D eigenvalue weighted by Crippen LogP contribution is 2.29. The Bertz CT molecular complexity index is 608. The van der Waals surface area contributed by atoms with Crippen molar-refractivity contribution < 1.29 is 9.53 Å². The molecular weight excluding hydrogens is 302 g/mol. The summed E-state index contributed by atoms with van der Waals surface area (Å²) in [7, 11) is 2.16. The summed E-state index contributed by atoms with van der Waals surface area (Å²) in [4.78, 5) is 17.0. The average Bonchev–Trinajstić information content (AvgIpc) is 3.22. The van der Waals surface area contributed by atoms with Gasteiger partial charge in [0.1, 0.15) is 5.75 Å². The fraction of sp³-hybridized carbons (Fsp3) is 0.579. The lowest BCUT2D eigenvalue weighted by atomic mass is 10.0. The highest BCUT2D eigenvalue weighted by molar-refractivity contribution is 5.78. The number of hydrogen-bond acceptors (Lipinski definition) is 4. The summed E-state index contributed by atoms with van der Waals surface area (Å²) >= 11 is 0. The first-order valence-electron chi connectivity index (χ1n) is 8.77. The summed E-state index contributed by atoms with van der Waals surface area (Å²) in [6.45, 7) is 2.07. The van der Waals surface area contributed by atoms with Crippen LogP contribution >= 0.6 is 0 Å². The maximum absolute atomic E-state index is 12.6. The third-order valence-electron chi connectivity index (χ3n) is 5.21. The van der Waals surface area contributed by atoms with E-state index in [0.29, 0.717) is 24.3 Å². The van der Waals surface area contributed by atoms with Crippen molar-refractivity contribution in [2.75, 3.05) is 26.7 Å². The number of likely N-dealkylation sites (N-methyl/N-ethyl adjacent to an activating group) is 1. The van der Waals surface area contributed by atoms with Gasteiger partial charge >= 0.3 is 0 Å². The molecule has 0 aromatic heterocycles. The molecule has 0 bridgehead atoms. The van der Waals surface area contributed by atoms with Gasteiger partial charge in [-0.3, -0.25) is 4.79 Å². The third kappa shape index (κ3) is 3.70. The zero-order valence-corrected chi connectivity index (χ0v) is 14.3. The monoisotopic (exact) mass is 327 g/mol. The van der Waals surface area contributed by atoms with Crippen LogP contribution in [0.15, 0.2) is 24.3 Å². The van der Waals surface area contributed by atoms with Crippen molar-refractivity contribution in [3.63, 3.8) is 0 Å². The Kier molecular flexibility index (Phi) is 5.37. The first-order chi connectivity index (χ1) is 11.7. The van der Waals surface area contributed by atoms with Crippen LogP contribution in [0, 0.1) is 11.3 Å². The van der Waals surface area contributed by atoms with E-state index in [4.69, 9.17) is 10.00 Å². The van der Waals surface area contributed by atoms with E-state index in [2.05, 4.69) is 18.0 Å². The van der Waals surface area contributed by atoms with Crippen LogP contribution in [0.25, 0.3) is 0 Å². The molecule has 2 fully saturated rings. The van der Waals surface area contributed by atoms with Crippen LogP contribution in [-0.2, 0) is 11.2 Å². The van der Waals surface area contributed by atoms with Gasteiger partial charge in [-0.2, -0.15) is 5.26 Å². The summed E-state index contributed by atoms with van der Waals surface area (Å²) in [5.41, 5.74) is 0.958. The van der Waals surface area contributed by atoms with Crippen molar-refractivity contribution in [2.24, 2.45) is 0 Å². The van der Waals surface area contributed by atoms with E-state index in [-0.39, 0.29) is 12.5 Å². The summed E-state index contributed by atoms with van der Waals surface area (Å²) in [5.74, 6) is 0.762. The first kappa shape index (κ1) is 16.8. The van der Waals surface area contributed by atoms with E-state index in [1.807, 2.05) is 29.2 Å². The molecule has 1 amide bonds. The molecule has 0 unspecified atom stereocenters. The molecule has 5 nitrogen and oxygen atoms in total. The molecule has 0 spiro atoms. The number of nitrogens with zero attached hydrogens (tertiary/aromatic N) is 3. The van der Waals surface area contributed by atoms with Gasteiger partial charge < -0.3 is 14.5 Å². The van der Waals surface area contributed by atoms with E-state index in [0.717, 1.165) is 31.5 Å². The quantitative estimate of drug-likeness (QED) is 0.832. The SMILES string of the molecule is CN1CCC[C@H]1[C@@H]1CCCN1C(=O)COc1ccc(CC#N)cc1. The van der Waals surface area contributed by atoms with Gasteiger partial charge in [0.15, 0.2) is 6.61 Å². The van der Waals surface area contributed by atoms with Gasteiger partial charge in [-0.15, -0.1) is 0 Å². The van der Waals surface area contributed by atoms with Crippen molar-refractivity contribution >= 4 is 5.91 Å². The van der Waals surface area contributed by atoms with Gasteiger partial charge in [0.2, 0.25) is 0 Å². The van der Waals surface area contributed by atoms with Gasteiger partial charge in [-0.25, -0.2) is 0 Å². The topological polar surface area (TPSA) is 56.6 Å². The molecule has 2 aliphatic heterocycles. The first-order valence-corrected chi connectivity index (χ1v) is 8.77. The maximum Gasteiger partial charge on any atom is 0.260 e. The number of rotatable bonds is 5. The van der Waals surface area contributed by atoms with Gasteiger partial charge in [-0.05, 0) is 57.0 Å². The van der Waals surface area contributed by atoms with Gasteiger partial charge in [0.25, 0.3) is 5.91 Å². The minimum absolute atomic E-state index is 0.0823.